The van der Waals surface area contributed by atoms with Crippen molar-refractivity contribution in [3.05, 3.63) is 16.8 Å². The van der Waals surface area contributed by atoms with E-state index in [1.807, 2.05) is 25.4 Å². The van der Waals surface area contributed by atoms with Crippen LogP contribution < -0.4 is 4.90 Å². The topological polar surface area (TPSA) is 52.6 Å². The van der Waals surface area contributed by atoms with Crippen molar-refractivity contribution < 1.29 is 4.79 Å². The van der Waals surface area contributed by atoms with Gasteiger partial charge >= 0.3 is 0 Å². The van der Waals surface area contributed by atoms with Gasteiger partial charge in [-0.15, -0.1) is 11.3 Å². The van der Waals surface area contributed by atoms with Crippen molar-refractivity contribution in [3.8, 4) is 0 Å². The molecular weight excluding hydrogens is 346 g/mol. The molecule has 0 spiro atoms. The van der Waals surface area contributed by atoms with E-state index in [9.17, 15) is 4.79 Å². The Kier molecular flexibility index (Phi) is 4.84. The maximum Gasteiger partial charge on any atom is 0.236 e. The molecule has 6 nitrogen and oxygen atoms in total. The number of amides is 1. The molecule has 1 fully saturated rings. The molecular formula is C19H27N5OS. The molecule has 0 bridgehead atoms. The van der Waals surface area contributed by atoms with E-state index in [4.69, 9.17) is 0 Å². The molecule has 0 aromatic carbocycles. The predicted octanol–water partition coefficient (Wildman–Crippen LogP) is 2.03. The summed E-state index contributed by atoms with van der Waals surface area (Å²) in [5.74, 6) is 2.04. The normalized spacial score (nSPS) is 21.0. The summed E-state index contributed by atoms with van der Waals surface area (Å²) in [5.41, 5.74) is 1.49. The number of rotatable bonds is 3. The van der Waals surface area contributed by atoms with Crippen LogP contribution in [0, 0.1) is 5.92 Å². The summed E-state index contributed by atoms with van der Waals surface area (Å²) in [6.45, 7) is 6.46. The summed E-state index contributed by atoms with van der Waals surface area (Å²) in [6.07, 6.45) is 5.29. The monoisotopic (exact) mass is 373 g/mol. The van der Waals surface area contributed by atoms with Gasteiger partial charge in [-0.05, 0) is 30.7 Å². The molecule has 1 amide bonds. The van der Waals surface area contributed by atoms with E-state index >= 15 is 0 Å². The Balaban J connectivity index is 1.54. The number of piperazine rings is 1. The molecule has 0 radical (unpaired) electrons. The van der Waals surface area contributed by atoms with Crippen LogP contribution in [0.15, 0.2) is 6.33 Å². The second-order valence-electron chi connectivity index (χ2n) is 7.78. The average molecular weight is 374 g/mol. The number of fused-ring (bicyclic) bond motifs is 3. The van der Waals surface area contributed by atoms with Crippen LogP contribution in [0.2, 0.25) is 0 Å². The Morgan fingerprint density at radius 2 is 2.04 bits per heavy atom. The first-order chi connectivity index (χ1) is 12.5. The molecule has 4 rings (SSSR count). The van der Waals surface area contributed by atoms with Gasteiger partial charge in [0.2, 0.25) is 5.91 Å². The van der Waals surface area contributed by atoms with Gasteiger partial charge in [0.15, 0.2) is 0 Å². The smallest absolute Gasteiger partial charge is 0.236 e. The van der Waals surface area contributed by atoms with Gasteiger partial charge in [0.05, 0.1) is 11.9 Å². The maximum absolute atomic E-state index is 11.9. The number of likely N-dealkylation sites (N-methyl/N-ethyl adjacent to an activating group) is 1. The number of carbonyl (C=O) groups is 1. The van der Waals surface area contributed by atoms with Crippen LogP contribution in [0.1, 0.15) is 23.8 Å². The standard InChI is InChI=1S/C19H27N5OS/c1-13-4-5-14-15(10-13)26-19-17(14)18(20-12-21-19)24-8-6-23(7-9-24)11-16(25)22(2)3/h12-13H,4-11H2,1-3H3. The third kappa shape index (κ3) is 3.30. The van der Waals surface area contributed by atoms with Gasteiger partial charge in [-0.3, -0.25) is 9.69 Å². The highest BCUT2D eigenvalue weighted by Gasteiger charge is 2.27. The number of carbonyl (C=O) groups excluding carboxylic acids is 1. The number of aryl methyl sites for hydroxylation is 1. The second kappa shape index (κ2) is 7.12. The number of thiophene rings is 1. The van der Waals surface area contributed by atoms with E-state index < -0.39 is 0 Å². The molecule has 2 aromatic rings. The lowest BCUT2D eigenvalue weighted by Gasteiger charge is -2.35. The Morgan fingerprint density at radius 1 is 1.27 bits per heavy atom. The zero-order valence-corrected chi connectivity index (χ0v) is 16.7. The van der Waals surface area contributed by atoms with Crippen molar-refractivity contribution >= 4 is 33.3 Å². The van der Waals surface area contributed by atoms with Gasteiger partial charge in [0, 0.05) is 45.2 Å². The molecule has 2 aromatic heterocycles. The number of anilines is 1. The molecule has 0 saturated carbocycles. The first-order valence-electron chi connectivity index (χ1n) is 9.45. The van der Waals surface area contributed by atoms with Gasteiger partial charge in [0.25, 0.3) is 0 Å². The SMILES string of the molecule is CC1CCc2c(sc3ncnc(N4CCN(CC(=O)N(C)C)CC4)c23)C1. The van der Waals surface area contributed by atoms with Crippen molar-refractivity contribution in [1.82, 2.24) is 19.8 Å². The predicted molar refractivity (Wildman–Crippen MR) is 106 cm³/mol. The highest BCUT2D eigenvalue weighted by atomic mass is 32.1. The van der Waals surface area contributed by atoms with Crippen LogP contribution in [0.3, 0.4) is 0 Å². The fourth-order valence-electron chi connectivity index (χ4n) is 3.95. The summed E-state index contributed by atoms with van der Waals surface area (Å²) in [6, 6.07) is 0. The van der Waals surface area contributed by atoms with Gasteiger partial charge in [-0.25, -0.2) is 9.97 Å². The molecule has 1 unspecified atom stereocenters. The molecule has 3 heterocycles. The van der Waals surface area contributed by atoms with E-state index in [0.29, 0.717) is 6.54 Å². The number of nitrogens with zero attached hydrogens (tertiary/aromatic N) is 5. The number of aromatic nitrogens is 2. The molecule has 1 aliphatic carbocycles. The minimum absolute atomic E-state index is 0.170. The molecule has 7 heteroatoms. The summed E-state index contributed by atoms with van der Waals surface area (Å²) >= 11 is 1.86. The number of hydrogen-bond donors (Lipinski definition) is 0. The van der Waals surface area contributed by atoms with Gasteiger partial charge in [-0.2, -0.15) is 0 Å². The molecule has 2 aliphatic rings. The largest absolute Gasteiger partial charge is 0.353 e. The maximum atomic E-state index is 11.9. The van der Waals surface area contributed by atoms with Crippen molar-refractivity contribution in [1.29, 1.82) is 0 Å². The fourth-order valence-corrected chi connectivity index (χ4v) is 5.29. The Labute approximate surface area is 158 Å². The lowest BCUT2D eigenvalue weighted by molar-refractivity contribution is -0.129. The lowest BCUT2D eigenvalue weighted by atomic mass is 9.89. The molecule has 1 saturated heterocycles. The van der Waals surface area contributed by atoms with Crippen LogP contribution in [0.25, 0.3) is 10.2 Å². The summed E-state index contributed by atoms with van der Waals surface area (Å²) < 4.78 is 0. The minimum atomic E-state index is 0.170. The van der Waals surface area contributed by atoms with Crippen LogP contribution in [-0.2, 0) is 17.6 Å². The van der Waals surface area contributed by atoms with Crippen LogP contribution in [0.5, 0.6) is 0 Å². The van der Waals surface area contributed by atoms with Crippen LogP contribution in [0.4, 0.5) is 5.82 Å². The Hall–Kier alpha value is -1.73. The lowest BCUT2D eigenvalue weighted by Crippen LogP contribution is -2.49. The first-order valence-corrected chi connectivity index (χ1v) is 10.3. The third-order valence-electron chi connectivity index (χ3n) is 5.60. The third-order valence-corrected chi connectivity index (χ3v) is 6.76. The molecule has 1 atom stereocenters. The Morgan fingerprint density at radius 3 is 2.77 bits per heavy atom. The van der Waals surface area contributed by atoms with Crippen molar-refractivity contribution in [2.45, 2.75) is 26.2 Å². The van der Waals surface area contributed by atoms with E-state index in [2.05, 4.69) is 26.7 Å². The van der Waals surface area contributed by atoms with Gasteiger partial charge < -0.3 is 9.80 Å². The zero-order chi connectivity index (χ0) is 18.3. The number of hydrogen-bond acceptors (Lipinski definition) is 6. The summed E-state index contributed by atoms with van der Waals surface area (Å²) in [4.78, 5) is 30.1. The van der Waals surface area contributed by atoms with E-state index in [1.54, 1.807) is 11.2 Å². The first kappa shape index (κ1) is 17.7. The summed E-state index contributed by atoms with van der Waals surface area (Å²) in [7, 11) is 3.63. The molecule has 26 heavy (non-hydrogen) atoms. The van der Waals surface area contributed by atoms with E-state index in [0.717, 1.165) is 49.2 Å². The van der Waals surface area contributed by atoms with Crippen LogP contribution in [-0.4, -0.2) is 72.5 Å². The highest BCUT2D eigenvalue weighted by molar-refractivity contribution is 7.19. The zero-order valence-electron chi connectivity index (χ0n) is 15.9. The molecule has 140 valence electrons. The summed E-state index contributed by atoms with van der Waals surface area (Å²) in [5, 5.41) is 1.29. The minimum Gasteiger partial charge on any atom is -0.353 e. The second-order valence-corrected chi connectivity index (χ2v) is 8.86. The van der Waals surface area contributed by atoms with E-state index in [1.165, 1.54) is 28.7 Å². The van der Waals surface area contributed by atoms with Crippen molar-refractivity contribution in [2.75, 3.05) is 51.7 Å². The van der Waals surface area contributed by atoms with Gasteiger partial charge in [0.1, 0.15) is 17.0 Å². The van der Waals surface area contributed by atoms with E-state index in [-0.39, 0.29) is 5.91 Å². The Bertz CT molecular complexity index is 810. The van der Waals surface area contributed by atoms with Crippen LogP contribution >= 0.6 is 11.3 Å². The molecule has 0 N–H and O–H groups in total. The van der Waals surface area contributed by atoms with Crippen molar-refractivity contribution in [2.24, 2.45) is 5.92 Å². The highest BCUT2D eigenvalue weighted by Crippen LogP contribution is 2.40. The quantitative estimate of drug-likeness (QED) is 0.824. The van der Waals surface area contributed by atoms with Crippen molar-refractivity contribution in [3.63, 3.8) is 0 Å². The molecule has 1 aliphatic heterocycles. The fraction of sp³-hybridized carbons (Fsp3) is 0.632. The average Bonchev–Trinajstić information content (AvgIpc) is 2.99. The van der Waals surface area contributed by atoms with Gasteiger partial charge in [-0.1, -0.05) is 6.92 Å².